The Morgan fingerprint density at radius 1 is 1.33 bits per heavy atom. The first-order chi connectivity index (χ1) is 10.1. The molecule has 0 radical (unpaired) electrons. The molecule has 1 aromatic rings. The molecular weight excluding hydrogens is 278 g/mol. The lowest BCUT2D eigenvalue weighted by molar-refractivity contribution is -0.00674. The summed E-state index contributed by atoms with van der Waals surface area (Å²) in [5.41, 5.74) is 1.17. The molecule has 3 rings (SSSR count). The number of hydrogen-bond acceptors (Lipinski definition) is 4. The van der Waals surface area contributed by atoms with Crippen LogP contribution in [0, 0.1) is 12.8 Å². The highest BCUT2D eigenvalue weighted by molar-refractivity contribution is 7.09. The molecule has 0 saturated carbocycles. The van der Waals surface area contributed by atoms with Crippen LogP contribution in [0.5, 0.6) is 0 Å². The smallest absolute Gasteiger partial charge is 0.0940 e. The summed E-state index contributed by atoms with van der Waals surface area (Å²) in [4.78, 5) is 10.1. The molecule has 4 heteroatoms. The minimum Gasteiger partial charge on any atom is -0.298 e. The van der Waals surface area contributed by atoms with Crippen LogP contribution >= 0.6 is 11.3 Å². The SMILES string of the molecule is Cc1csc(CCN2CC3CCCCN3CC2C(C)C)n1. The Morgan fingerprint density at radius 2 is 2.19 bits per heavy atom. The first kappa shape index (κ1) is 15.4. The van der Waals surface area contributed by atoms with Crippen LogP contribution in [0.25, 0.3) is 0 Å². The molecule has 3 heterocycles. The van der Waals surface area contributed by atoms with E-state index in [1.165, 1.54) is 56.1 Å². The molecule has 0 aromatic carbocycles. The topological polar surface area (TPSA) is 19.4 Å². The second kappa shape index (κ2) is 6.76. The molecule has 2 fully saturated rings. The predicted octanol–water partition coefficient (Wildman–Crippen LogP) is 3.19. The van der Waals surface area contributed by atoms with E-state index in [9.17, 15) is 0 Å². The molecule has 2 atom stereocenters. The van der Waals surface area contributed by atoms with E-state index in [2.05, 4.69) is 40.9 Å². The highest BCUT2D eigenvalue weighted by Crippen LogP contribution is 2.27. The first-order valence-electron chi connectivity index (χ1n) is 8.52. The average molecular weight is 308 g/mol. The summed E-state index contributed by atoms with van der Waals surface area (Å²) in [7, 11) is 0. The summed E-state index contributed by atoms with van der Waals surface area (Å²) in [5, 5.41) is 3.48. The Hall–Kier alpha value is -0.450. The summed E-state index contributed by atoms with van der Waals surface area (Å²) >= 11 is 1.82. The van der Waals surface area contributed by atoms with Crippen LogP contribution in [0.1, 0.15) is 43.8 Å². The summed E-state index contributed by atoms with van der Waals surface area (Å²) in [6.45, 7) is 11.9. The number of hydrogen-bond donors (Lipinski definition) is 0. The molecule has 118 valence electrons. The van der Waals surface area contributed by atoms with Gasteiger partial charge in [-0.3, -0.25) is 9.80 Å². The van der Waals surface area contributed by atoms with Crippen LogP contribution in [-0.4, -0.2) is 53.0 Å². The fraction of sp³-hybridized carbons (Fsp3) is 0.824. The quantitative estimate of drug-likeness (QED) is 0.851. The Bertz CT molecular complexity index is 457. The normalized spacial score (nSPS) is 28.0. The molecule has 0 spiro atoms. The molecule has 0 bridgehead atoms. The van der Waals surface area contributed by atoms with Crippen LogP contribution < -0.4 is 0 Å². The van der Waals surface area contributed by atoms with Gasteiger partial charge in [0.2, 0.25) is 0 Å². The van der Waals surface area contributed by atoms with Gasteiger partial charge in [0.25, 0.3) is 0 Å². The zero-order chi connectivity index (χ0) is 14.8. The Kier molecular flexibility index (Phi) is 4.97. The molecule has 0 aliphatic carbocycles. The van der Waals surface area contributed by atoms with Crippen molar-refractivity contribution in [2.45, 2.75) is 58.5 Å². The van der Waals surface area contributed by atoms with Gasteiger partial charge in [0.1, 0.15) is 0 Å². The fourth-order valence-electron chi connectivity index (χ4n) is 3.92. The number of fused-ring (bicyclic) bond motifs is 1. The van der Waals surface area contributed by atoms with Crippen LogP contribution in [0.15, 0.2) is 5.38 Å². The van der Waals surface area contributed by atoms with Crippen molar-refractivity contribution < 1.29 is 0 Å². The van der Waals surface area contributed by atoms with E-state index < -0.39 is 0 Å². The van der Waals surface area contributed by atoms with Gasteiger partial charge < -0.3 is 0 Å². The molecule has 0 N–H and O–H groups in total. The zero-order valence-electron chi connectivity index (χ0n) is 13.7. The van der Waals surface area contributed by atoms with Gasteiger partial charge in [0.05, 0.1) is 5.01 Å². The van der Waals surface area contributed by atoms with Crippen LogP contribution in [0.4, 0.5) is 0 Å². The maximum absolute atomic E-state index is 4.63. The van der Waals surface area contributed by atoms with Crippen molar-refractivity contribution in [3.05, 3.63) is 16.1 Å². The Balaban J connectivity index is 1.63. The lowest BCUT2D eigenvalue weighted by Crippen LogP contribution is -2.61. The van der Waals surface area contributed by atoms with Crippen molar-refractivity contribution in [2.75, 3.05) is 26.2 Å². The van der Waals surface area contributed by atoms with Gasteiger partial charge >= 0.3 is 0 Å². The molecule has 3 nitrogen and oxygen atoms in total. The number of piperazine rings is 1. The number of aromatic nitrogens is 1. The highest BCUT2D eigenvalue weighted by atomic mass is 32.1. The van der Waals surface area contributed by atoms with Gasteiger partial charge in [-0.05, 0) is 32.2 Å². The van der Waals surface area contributed by atoms with E-state index in [4.69, 9.17) is 0 Å². The largest absolute Gasteiger partial charge is 0.298 e. The van der Waals surface area contributed by atoms with Gasteiger partial charge in [-0.25, -0.2) is 4.98 Å². The minimum atomic E-state index is 0.723. The molecule has 2 saturated heterocycles. The summed E-state index contributed by atoms with van der Waals surface area (Å²) < 4.78 is 0. The maximum Gasteiger partial charge on any atom is 0.0940 e. The molecule has 21 heavy (non-hydrogen) atoms. The van der Waals surface area contributed by atoms with Gasteiger partial charge in [0.15, 0.2) is 0 Å². The monoisotopic (exact) mass is 307 g/mol. The second-order valence-electron chi connectivity index (χ2n) is 7.08. The third-order valence-corrected chi connectivity index (χ3v) is 6.16. The van der Waals surface area contributed by atoms with Crippen molar-refractivity contribution in [2.24, 2.45) is 5.92 Å². The van der Waals surface area contributed by atoms with Crippen LogP contribution in [0.3, 0.4) is 0 Å². The first-order valence-corrected chi connectivity index (χ1v) is 9.40. The standard InChI is InChI=1S/C17H29N3S/c1-13(2)16-11-19-8-5-4-6-15(19)10-20(16)9-7-17-18-14(3)12-21-17/h12-13,15-16H,4-11H2,1-3H3. The van der Waals surface area contributed by atoms with Gasteiger partial charge in [-0.2, -0.15) is 0 Å². The van der Waals surface area contributed by atoms with E-state index in [0.717, 1.165) is 24.4 Å². The Morgan fingerprint density at radius 3 is 2.90 bits per heavy atom. The molecule has 1 aromatic heterocycles. The number of rotatable bonds is 4. The van der Waals surface area contributed by atoms with E-state index in [-0.39, 0.29) is 0 Å². The third kappa shape index (κ3) is 3.66. The van der Waals surface area contributed by atoms with Crippen molar-refractivity contribution in [3.8, 4) is 0 Å². The van der Waals surface area contributed by atoms with Crippen LogP contribution in [-0.2, 0) is 6.42 Å². The van der Waals surface area contributed by atoms with Crippen LogP contribution in [0.2, 0.25) is 0 Å². The molecule has 2 unspecified atom stereocenters. The van der Waals surface area contributed by atoms with E-state index >= 15 is 0 Å². The van der Waals surface area contributed by atoms with E-state index in [1.54, 1.807) is 0 Å². The molecule has 2 aliphatic rings. The number of nitrogens with zero attached hydrogens (tertiary/aromatic N) is 3. The number of piperidine rings is 1. The average Bonchev–Trinajstić information content (AvgIpc) is 2.89. The lowest BCUT2D eigenvalue weighted by atomic mass is 9.92. The molecular formula is C17H29N3S. The van der Waals surface area contributed by atoms with Crippen molar-refractivity contribution in [3.63, 3.8) is 0 Å². The Labute approximate surface area is 133 Å². The maximum atomic E-state index is 4.63. The summed E-state index contributed by atoms with van der Waals surface area (Å²) in [6, 6.07) is 1.53. The fourth-order valence-corrected chi connectivity index (χ4v) is 4.68. The third-order valence-electron chi connectivity index (χ3n) is 5.13. The van der Waals surface area contributed by atoms with Crippen molar-refractivity contribution in [1.82, 2.24) is 14.8 Å². The predicted molar refractivity (Wildman–Crippen MR) is 90.0 cm³/mol. The minimum absolute atomic E-state index is 0.723. The second-order valence-corrected chi connectivity index (χ2v) is 8.03. The van der Waals surface area contributed by atoms with Crippen molar-refractivity contribution >= 4 is 11.3 Å². The highest BCUT2D eigenvalue weighted by Gasteiger charge is 2.35. The molecule has 2 aliphatic heterocycles. The van der Waals surface area contributed by atoms with Crippen molar-refractivity contribution in [1.29, 1.82) is 0 Å². The van der Waals surface area contributed by atoms with Gasteiger partial charge in [-0.15, -0.1) is 11.3 Å². The van der Waals surface area contributed by atoms with E-state index in [1.807, 2.05) is 11.3 Å². The lowest BCUT2D eigenvalue weighted by Gasteiger charge is -2.49. The summed E-state index contributed by atoms with van der Waals surface area (Å²) in [6.07, 6.45) is 5.35. The van der Waals surface area contributed by atoms with Gasteiger partial charge in [-0.1, -0.05) is 20.3 Å². The number of aryl methyl sites for hydroxylation is 1. The molecule has 0 amide bonds. The summed E-state index contributed by atoms with van der Waals surface area (Å²) in [5.74, 6) is 0.742. The van der Waals surface area contributed by atoms with Gasteiger partial charge in [0, 0.05) is 49.2 Å². The van der Waals surface area contributed by atoms with E-state index in [0.29, 0.717) is 0 Å². The zero-order valence-corrected chi connectivity index (χ0v) is 14.5. The number of thiazole rings is 1.